The Morgan fingerprint density at radius 3 is 3.16 bits per heavy atom. The molecular weight excluding hydrogens is 256 g/mol. The van der Waals surface area contributed by atoms with Gasteiger partial charge in [-0.15, -0.1) is 11.3 Å². The van der Waals surface area contributed by atoms with Gasteiger partial charge in [-0.2, -0.15) is 0 Å². The minimum absolute atomic E-state index is 0.311. The topological polar surface area (TPSA) is 23.6 Å². The molecule has 3 heterocycles. The molecule has 1 aromatic heterocycles. The number of carbonyl (C=O) groups is 1. The SMILES string of the molecule is CC1CCCCN1CC(=O)N1CCc2sccc2C1. The Labute approximate surface area is 119 Å². The third kappa shape index (κ3) is 2.84. The van der Waals surface area contributed by atoms with Gasteiger partial charge >= 0.3 is 0 Å². The molecule has 4 heteroatoms. The van der Waals surface area contributed by atoms with Crippen LogP contribution in [0.2, 0.25) is 0 Å². The van der Waals surface area contributed by atoms with E-state index in [4.69, 9.17) is 0 Å². The van der Waals surface area contributed by atoms with Crippen LogP contribution in [0.5, 0.6) is 0 Å². The Morgan fingerprint density at radius 2 is 2.32 bits per heavy atom. The fraction of sp³-hybridized carbons (Fsp3) is 0.667. The number of nitrogens with zero attached hydrogens (tertiary/aromatic N) is 2. The van der Waals surface area contributed by atoms with Crippen LogP contribution in [0.1, 0.15) is 36.6 Å². The molecule has 3 rings (SSSR count). The molecule has 1 atom stereocenters. The van der Waals surface area contributed by atoms with Crippen LogP contribution in [-0.2, 0) is 17.8 Å². The van der Waals surface area contributed by atoms with E-state index in [0.29, 0.717) is 18.5 Å². The average Bonchev–Trinajstić information content (AvgIpc) is 2.88. The Hall–Kier alpha value is -0.870. The molecule has 0 radical (unpaired) electrons. The number of hydrogen-bond donors (Lipinski definition) is 0. The summed E-state index contributed by atoms with van der Waals surface area (Å²) in [4.78, 5) is 18.3. The first-order valence-electron chi connectivity index (χ1n) is 7.31. The summed E-state index contributed by atoms with van der Waals surface area (Å²) in [6, 6.07) is 2.74. The summed E-state index contributed by atoms with van der Waals surface area (Å²) in [5.41, 5.74) is 1.36. The number of amides is 1. The van der Waals surface area contributed by atoms with Gasteiger partial charge < -0.3 is 4.90 Å². The molecule has 104 valence electrons. The van der Waals surface area contributed by atoms with Crippen molar-refractivity contribution in [3.05, 3.63) is 21.9 Å². The summed E-state index contributed by atoms with van der Waals surface area (Å²) in [6.45, 7) is 5.67. The van der Waals surface area contributed by atoms with E-state index in [0.717, 1.165) is 26.1 Å². The number of rotatable bonds is 2. The van der Waals surface area contributed by atoms with Crippen molar-refractivity contribution in [2.24, 2.45) is 0 Å². The predicted molar refractivity (Wildman–Crippen MR) is 78.3 cm³/mol. The van der Waals surface area contributed by atoms with Gasteiger partial charge in [0.2, 0.25) is 5.91 Å². The van der Waals surface area contributed by atoms with Gasteiger partial charge in [0, 0.05) is 24.0 Å². The second kappa shape index (κ2) is 5.63. The monoisotopic (exact) mass is 278 g/mol. The van der Waals surface area contributed by atoms with Crippen LogP contribution in [0.3, 0.4) is 0 Å². The largest absolute Gasteiger partial charge is 0.337 e. The van der Waals surface area contributed by atoms with Gasteiger partial charge in [-0.25, -0.2) is 0 Å². The van der Waals surface area contributed by atoms with E-state index < -0.39 is 0 Å². The molecule has 1 fully saturated rings. The third-order valence-electron chi connectivity index (χ3n) is 4.44. The summed E-state index contributed by atoms with van der Waals surface area (Å²) >= 11 is 1.83. The highest BCUT2D eigenvalue weighted by atomic mass is 32.1. The molecule has 1 aromatic rings. The summed E-state index contributed by atoms with van der Waals surface area (Å²) in [7, 11) is 0. The van der Waals surface area contributed by atoms with Crippen molar-refractivity contribution in [3.8, 4) is 0 Å². The number of likely N-dealkylation sites (tertiary alicyclic amines) is 1. The van der Waals surface area contributed by atoms with Crippen LogP contribution in [0.15, 0.2) is 11.4 Å². The minimum atomic E-state index is 0.311. The van der Waals surface area contributed by atoms with Crippen LogP contribution in [0.4, 0.5) is 0 Å². The van der Waals surface area contributed by atoms with Crippen LogP contribution < -0.4 is 0 Å². The number of fused-ring (bicyclic) bond motifs is 1. The van der Waals surface area contributed by atoms with Crippen molar-refractivity contribution in [1.82, 2.24) is 9.80 Å². The van der Waals surface area contributed by atoms with E-state index in [1.54, 1.807) is 0 Å². The zero-order valence-electron chi connectivity index (χ0n) is 11.6. The fourth-order valence-corrected chi connectivity index (χ4v) is 4.02. The number of carbonyl (C=O) groups excluding carboxylic acids is 1. The molecule has 1 amide bonds. The fourth-order valence-electron chi connectivity index (χ4n) is 3.13. The maximum atomic E-state index is 12.4. The molecule has 2 aliphatic heterocycles. The number of thiophene rings is 1. The lowest BCUT2D eigenvalue weighted by Gasteiger charge is -2.35. The maximum Gasteiger partial charge on any atom is 0.237 e. The van der Waals surface area contributed by atoms with Gasteiger partial charge in [0.15, 0.2) is 0 Å². The first kappa shape index (κ1) is 13.1. The van der Waals surface area contributed by atoms with Crippen LogP contribution in [0.25, 0.3) is 0 Å². The minimum Gasteiger partial charge on any atom is -0.337 e. The van der Waals surface area contributed by atoms with Crippen molar-refractivity contribution in [2.75, 3.05) is 19.6 Å². The van der Waals surface area contributed by atoms with Crippen LogP contribution >= 0.6 is 11.3 Å². The van der Waals surface area contributed by atoms with Gasteiger partial charge in [0.1, 0.15) is 0 Å². The molecule has 0 bridgehead atoms. The molecule has 3 nitrogen and oxygen atoms in total. The quantitative estimate of drug-likeness (QED) is 0.830. The first-order valence-corrected chi connectivity index (χ1v) is 8.19. The predicted octanol–water partition coefficient (Wildman–Crippen LogP) is 2.51. The second-order valence-electron chi connectivity index (χ2n) is 5.75. The van der Waals surface area contributed by atoms with Crippen molar-refractivity contribution >= 4 is 17.2 Å². The molecule has 2 aliphatic rings. The zero-order chi connectivity index (χ0) is 13.2. The van der Waals surface area contributed by atoms with Crippen molar-refractivity contribution in [2.45, 2.75) is 45.2 Å². The van der Waals surface area contributed by atoms with Gasteiger partial charge in [-0.3, -0.25) is 9.69 Å². The maximum absolute atomic E-state index is 12.4. The summed E-state index contributed by atoms with van der Waals surface area (Å²) < 4.78 is 0. The molecular formula is C15H22N2OS. The highest BCUT2D eigenvalue weighted by Gasteiger charge is 2.25. The lowest BCUT2D eigenvalue weighted by molar-refractivity contribution is -0.134. The summed E-state index contributed by atoms with van der Waals surface area (Å²) in [5, 5.41) is 2.14. The Kier molecular flexibility index (Phi) is 3.89. The second-order valence-corrected chi connectivity index (χ2v) is 6.75. The lowest BCUT2D eigenvalue weighted by Crippen LogP contribution is -2.46. The normalized spacial score (nSPS) is 24.3. The van der Waals surface area contributed by atoms with E-state index >= 15 is 0 Å². The Morgan fingerprint density at radius 1 is 1.42 bits per heavy atom. The Bertz CT molecular complexity index is 457. The van der Waals surface area contributed by atoms with Crippen LogP contribution in [0, 0.1) is 0 Å². The molecule has 0 saturated carbocycles. The van der Waals surface area contributed by atoms with Crippen molar-refractivity contribution in [3.63, 3.8) is 0 Å². The van der Waals surface area contributed by atoms with Gasteiger partial charge in [0.25, 0.3) is 0 Å². The smallest absolute Gasteiger partial charge is 0.237 e. The van der Waals surface area contributed by atoms with E-state index in [1.165, 1.54) is 29.7 Å². The molecule has 0 aromatic carbocycles. The standard InChI is InChI=1S/C15H22N2OS/c1-12-4-2-3-7-16(12)11-15(18)17-8-5-14-13(10-17)6-9-19-14/h6,9,12H,2-5,7-8,10-11H2,1H3. The van der Waals surface area contributed by atoms with Crippen molar-refractivity contribution in [1.29, 1.82) is 0 Å². The number of hydrogen-bond acceptors (Lipinski definition) is 3. The highest BCUT2D eigenvalue weighted by molar-refractivity contribution is 7.10. The van der Waals surface area contributed by atoms with E-state index in [-0.39, 0.29) is 0 Å². The average molecular weight is 278 g/mol. The van der Waals surface area contributed by atoms with Gasteiger partial charge in [-0.1, -0.05) is 6.42 Å². The molecule has 1 unspecified atom stereocenters. The van der Waals surface area contributed by atoms with Crippen molar-refractivity contribution < 1.29 is 4.79 Å². The lowest BCUT2D eigenvalue weighted by atomic mass is 10.0. The molecule has 19 heavy (non-hydrogen) atoms. The molecule has 0 N–H and O–H groups in total. The molecule has 0 aliphatic carbocycles. The number of piperidine rings is 1. The Balaban J connectivity index is 1.59. The van der Waals surface area contributed by atoms with Gasteiger partial charge in [-0.05, 0) is 49.7 Å². The molecule has 0 spiro atoms. The van der Waals surface area contributed by atoms with E-state index in [9.17, 15) is 4.79 Å². The first-order chi connectivity index (χ1) is 9.24. The highest BCUT2D eigenvalue weighted by Crippen LogP contribution is 2.24. The van der Waals surface area contributed by atoms with E-state index in [2.05, 4.69) is 23.3 Å². The third-order valence-corrected chi connectivity index (χ3v) is 5.46. The zero-order valence-corrected chi connectivity index (χ0v) is 12.4. The molecule has 1 saturated heterocycles. The summed E-state index contributed by atoms with van der Waals surface area (Å²) in [6.07, 6.45) is 4.83. The van der Waals surface area contributed by atoms with Crippen LogP contribution in [-0.4, -0.2) is 41.4 Å². The summed E-state index contributed by atoms with van der Waals surface area (Å²) in [5.74, 6) is 0.311. The van der Waals surface area contributed by atoms with E-state index in [1.807, 2.05) is 16.2 Å². The van der Waals surface area contributed by atoms with Gasteiger partial charge in [0.05, 0.1) is 6.54 Å².